The standard InChI is InChI=1S/C8H10O4/c9-7-3-4-8(10)12-6-2-1-5-11-7/h3-4H,1-2,5-6H2. The Bertz CT molecular complexity index is 185. The Morgan fingerprint density at radius 1 is 0.917 bits per heavy atom. The van der Waals surface area contributed by atoms with Crippen molar-refractivity contribution in [3.8, 4) is 0 Å². The van der Waals surface area contributed by atoms with E-state index < -0.39 is 11.9 Å². The first-order chi connectivity index (χ1) is 5.79. The highest BCUT2D eigenvalue weighted by Crippen LogP contribution is 1.96. The molecule has 0 radical (unpaired) electrons. The van der Waals surface area contributed by atoms with Crippen molar-refractivity contribution in [3.63, 3.8) is 0 Å². The summed E-state index contributed by atoms with van der Waals surface area (Å²) in [7, 11) is 0. The number of hydrogen-bond donors (Lipinski definition) is 0. The lowest BCUT2D eigenvalue weighted by atomic mass is 10.3. The van der Waals surface area contributed by atoms with Crippen molar-refractivity contribution in [3.05, 3.63) is 12.2 Å². The lowest BCUT2D eigenvalue weighted by Crippen LogP contribution is -2.09. The predicted octanol–water partition coefficient (Wildman–Crippen LogP) is 0.423. The largest absolute Gasteiger partial charge is 0.463 e. The minimum absolute atomic E-state index is 0.390. The molecule has 0 saturated carbocycles. The van der Waals surface area contributed by atoms with Gasteiger partial charge in [0.1, 0.15) is 0 Å². The summed E-state index contributed by atoms with van der Waals surface area (Å²) < 4.78 is 9.47. The second kappa shape index (κ2) is 4.54. The van der Waals surface area contributed by atoms with Crippen LogP contribution in [0.25, 0.3) is 0 Å². The van der Waals surface area contributed by atoms with E-state index in [0.717, 1.165) is 25.0 Å². The normalized spacial score (nSPS) is 19.7. The van der Waals surface area contributed by atoms with Crippen LogP contribution in [0, 0.1) is 0 Å². The first-order valence-corrected chi connectivity index (χ1v) is 3.80. The molecule has 0 atom stereocenters. The second-order valence-corrected chi connectivity index (χ2v) is 2.38. The summed E-state index contributed by atoms with van der Waals surface area (Å²) in [6, 6.07) is 0. The SMILES string of the molecule is O=C1C=CC(=O)OCCCCO1. The molecule has 0 unspecified atom stereocenters. The summed E-state index contributed by atoms with van der Waals surface area (Å²) >= 11 is 0. The molecule has 0 fully saturated rings. The van der Waals surface area contributed by atoms with Gasteiger partial charge in [0, 0.05) is 12.2 Å². The minimum Gasteiger partial charge on any atom is -0.463 e. The number of carbonyl (C=O) groups excluding carboxylic acids is 2. The molecule has 66 valence electrons. The lowest BCUT2D eigenvalue weighted by molar-refractivity contribution is -0.142. The first-order valence-electron chi connectivity index (χ1n) is 3.80. The smallest absolute Gasteiger partial charge is 0.331 e. The monoisotopic (exact) mass is 170 g/mol. The van der Waals surface area contributed by atoms with Crippen LogP contribution in [0.2, 0.25) is 0 Å². The van der Waals surface area contributed by atoms with Crippen molar-refractivity contribution < 1.29 is 19.1 Å². The third-order valence-corrected chi connectivity index (χ3v) is 1.38. The molecule has 0 aromatic heterocycles. The fourth-order valence-corrected chi connectivity index (χ4v) is 0.782. The minimum atomic E-state index is -0.492. The van der Waals surface area contributed by atoms with Crippen LogP contribution in [0.3, 0.4) is 0 Å². The Morgan fingerprint density at radius 3 is 1.75 bits per heavy atom. The van der Waals surface area contributed by atoms with Crippen molar-refractivity contribution in [2.24, 2.45) is 0 Å². The average Bonchev–Trinajstić information content (AvgIpc) is 2.07. The van der Waals surface area contributed by atoms with Gasteiger partial charge in [-0.05, 0) is 12.8 Å². The van der Waals surface area contributed by atoms with E-state index in [9.17, 15) is 9.59 Å². The van der Waals surface area contributed by atoms with Gasteiger partial charge in [-0.1, -0.05) is 0 Å². The fourth-order valence-electron chi connectivity index (χ4n) is 0.782. The van der Waals surface area contributed by atoms with Gasteiger partial charge in [-0.3, -0.25) is 0 Å². The quantitative estimate of drug-likeness (QED) is 0.494. The summed E-state index contributed by atoms with van der Waals surface area (Å²) in [5.41, 5.74) is 0. The van der Waals surface area contributed by atoms with Crippen molar-refractivity contribution >= 4 is 11.9 Å². The molecule has 0 amide bonds. The fraction of sp³-hybridized carbons (Fsp3) is 0.500. The Balaban J connectivity index is 2.49. The van der Waals surface area contributed by atoms with Crippen LogP contribution in [0.1, 0.15) is 12.8 Å². The van der Waals surface area contributed by atoms with E-state index in [1.807, 2.05) is 0 Å². The summed E-state index contributed by atoms with van der Waals surface area (Å²) in [6.07, 6.45) is 3.61. The van der Waals surface area contributed by atoms with Crippen LogP contribution in [0.5, 0.6) is 0 Å². The number of rotatable bonds is 0. The van der Waals surface area contributed by atoms with Crippen LogP contribution >= 0.6 is 0 Å². The van der Waals surface area contributed by atoms with Crippen molar-refractivity contribution in [2.75, 3.05) is 13.2 Å². The third kappa shape index (κ3) is 3.18. The van der Waals surface area contributed by atoms with Crippen LogP contribution in [0.4, 0.5) is 0 Å². The number of carbonyl (C=O) groups is 2. The third-order valence-electron chi connectivity index (χ3n) is 1.38. The molecule has 4 heteroatoms. The molecule has 4 nitrogen and oxygen atoms in total. The van der Waals surface area contributed by atoms with E-state index in [1.165, 1.54) is 0 Å². The van der Waals surface area contributed by atoms with Gasteiger partial charge in [0.05, 0.1) is 13.2 Å². The molecule has 1 aliphatic heterocycles. The van der Waals surface area contributed by atoms with Crippen molar-refractivity contribution in [1.29, 1.82) is 0 Å². The number of hydrogen-bond acceptors (Lipinski definition) is 4. The summed E-state index contributed by atoms with van der Waals surface area (Å²) in [5, 5.41) is 0. The molecule has 0 aliphatic carbocycles. The molecular formula is C8H10O4. The summed E-state index contributed by atoms with van der Waals surface area (Å²) in [5.74, 6) is -0.984. The molecule has 0 bridgehead atoms. The van der Waals surface area contributed by atoms with E-state index in [4.69, 9.17) is 9.47 Å². The maximum absolute atomic E-state index is 10.7. The van der Waals surface area contributed by atoms with Gasteiger partial charge in [-0.15, -0.1) is 0 Å². The van der Waals surface area contributed by atoms with Gasteiger partial charge in [0.25, 0.3) is 0 Å². The average molecular weight is 170 g/mol. The summed E-state index contributed by atoms with van der Waals surface area (Å²) in [4.78, 5) is 21.5. The number of ether oxygens (including phenoxy) is 2. The molecule has 12 heavy (non-hydrogen) atoms. The van der Waals surface area contributed by atoms with Gasteiger partial charge in [-0.25, -0.2) is 9.59 Å². The van der Waals surface area contributed by atoms with Gasteiger partial charge in [-0.2, -0.15) is 0 Å². The zero-order valence-electron chi connectivity index (χ0n) is 6.62. The highest BCUT2D eigenvalue weighted by atomic mass is 16.5. The van der Waals surface area contributed by atoms with Crippen LogP contribution in [-0.2, 0) is 19.1 Å². The zero-order chi connectivity index (χ0) is 8.81. The van der Waals surface area contributed by atoms with Crippen LogP contribution < -0.4 is 0 Å². The Morgan fingerprint density at radius 2 is 1.33 bits per heavy atom. The second-order valence-electron chi connectivity index (χ2n) is 2.38. The molecule has 0 aromatic rings. The Labute approximate surface area is 70.1 Å². The zero-order valence-corrected chi connectivity index (χ0v) is 6.62. The van der Waals surface area contributed by atoms with Crippen molar-refractivity contribution in [2.45, 2.75) is 12.8 Å². The topological polar surface area (TPSA) is 52.6 Å². The lowest BCUT2D eigenvalue weighted by Gasteiger charge is -2.05. The van der Waals surface area contributed by atoms with Gasteiger partial charge in [0.2, 0.25) is 0 Å². The molecule has 0 N–H and O–H groups in total. The molecule has 0 saturated heterocycles. The highest BCUT2D eigenvalue weighted by Gasteiger charge is 2.03. The first kappa shape index (κ1) is 8.77. The highest BCUT2D eigenvalue weighted by molar-refractivity contribution is 5.91. The molecule has 1 rings (SSSR count). The Kier molecular flexibility index (Phi) is 3.32. The summed E-state index contributed by atoms with van der Waals surface area (Å²) in [6.45, 7) is 0.779. The molecule has 1 aliphatic rings. The van der Waals surface area contributed by atoms with E-state index >= 15 is 0 Å². The van der Waals surface area contributed by atoms with Crippen molar-refractivity contribution in [1.82, 2.24) is 0 Å². The van der Waals surface area contributed by atoms with Gasteiger partial charge >= 0.3 is 11.9 Å². The Hall–Kier alpha value is -1.32. The van der Waals surface area contributed by atoms with Crippen LogP contribution in [-0.4, -0.2) is 25.2 Å². The van der Waals surface area contributed by atoms with Gasteiger partial charge in [0.15, 0.2) is 0 Å². The molecule has 0 spiro atoms. The number of esters is 2. The van der Waals surface area contributed by atoms with E-state index in [0.29, 0.717) is 13.2 Å². The molecule has 0 aromatic carbocycles. The maximum atomic E-state index is 10.7. The maximum Gasteiger partial charge on any atom is 0.331 e. The molecule has 1 heterocycles. The van der Waals surface area contributed by atoms with E-state index in [2.05, 4.69) is 0 Å². The van der Waals surface area contributed by atoms with Gasteiger partial charge < -0.3 is 9.47 Å². The van der Waals surface area contributed by atoms with Crippen LogP contribution in [0.15, 0.2) is 12.2 Å². The predicted molar refractivity (Wildman–Crippen MR) is 40.3 cm³/mol. The van der Waals surface area contributed by atoms with E-state index in [-0.39, 0.29) is 0 Å². The van der Waals surface area contributed by atoms with E-state index in [1.54, 1.807) is 0 Å². The molecular weight excluding hydrogens is 160 g/mol. The number of cyclic esters (lactones) is 2.